The van der Waals surface area contributed by atoms with Gasteiger partial charge in [0.1, 0.15) is 0 Å². The molecule has 0 unspecified atom stereocenters. The molecule has 4 nitrogen and oxygen atoms in total. The lowest BCUT2D eigenvalue weighted by atomic mass is 10.1. The number of benzene rings is 2. The number of para-hydroxylation sites is 1. The summed E-state index contributed by atoms with van der Waals surface area (Å²) >= 11 is 0. The van der Waals surface area contributed by atoms with Crippen molar-refractivity contribution in [2.24, 2.45) is 5.73 Å². The molecule has 148 valence electrons. The van der Waals surface area contributed by atoms with Crippen LogP contribution < -0.4 is 5.73 Å². The van der Waals surface area contributed by atoms with E-state index < -0.39 is 0 Å². The SMILES string of the molecule is NCCCCCN(Cc1ccccc1)C(=O)CCCc1c[nH]c2ccccc12. The van der Waals surface area contributed by atoms with E-state index in [2.05, 4.69) is 41.5 Å². The van der Waals surface area contributed by atoms with Gasteiger partial charge in [0.2, 0.25) is 5.91 Å². The van der Waals surface area contributed by atoms with Gasteiger partial charge in [-0.25, -0.2) is 0 Å². The van der Waals surface area contributed by atoms with Gasteiger partial charge in [-0.15, -0.1) is 0 Å². The molecule has 0 saturated carbocycles. The Morgan fingerprint density at radius 3 is 2.54 bits per heavy atom. The van der Waals surface area contributed by atoms with Crippen molar-refractivity contribution in [1.82, 2.24) is 9.88 Å². The molecule has 0 atom stereocenters. The zero-order chi connectivity index (χ0) is 19.6. The highest BCUT2D eigenvalue weighted by atomic mass is 16.2. The zero-order valence-electron chi connectivity index (χ0n) is 16.6. The first-order valence-corrected chi connectivity index (χ1v) is 10.3. The largest absolute Gasteiger partial charge is 0.361 e. The Morgan fingerprint density at radius 2 is 1.71 bits per heavy atom. The lowest BCUT2D eigenvalue weighted by molar-refractivity contribution is -0.132. The number of carbonyl (C=O) groups is 1. The molecule has 3 N–H and O–H groups in total. The second kappa shape index (κ2) is 10.7. The van der Waals surface area contributed by atoms with Crippen LogP contribution in [0.1, 0.15) is 43.2 Å². The van der Waals surface area contributed by atoms with Gasteiger partial charge in [-0.2, -0.15) is 0 Å². The topological polar surface area (TPSA) is 62.1 Å². The standard InChI is InChI=1S/C24H31N3O/c25-16-7-2-8-17-27(19-20-10-3-1-4-11-20)24(28)15-9-12-21-18-26-23-14-6-5-13-22(21)23/h1,3-6,10-11,13-14,18,26H,2,7-9,12,15-17,19,25H2. The summed E-state index contributed by atoms with van der Waals surface area (Å²) in [4.78, 5) is 18.2. The molecule has 0 aliphatic carbocycles. The van der Waals surface area contributed by atoms with Crippen molar-refractivity contribution in [3.05, 3.63) is 71.9 Å². The summed E-state index contributed by atoms with van der Waals surface area (Å²) in [6.45, 7) is 2.22. The Kier molecular flexibility index (Phi) is 7.68. The van der Waals surface area contributed by atoms with E-state index in [1.54, 1.807) is 0 Å². The van der Waals surface area contributed by atoms with Gasteiger partial charge in [-0.3, -0.25) is 4.79 Å². The molecule has 1 heterocycles. The Hall–Kier alpha value is -2.59. The Bertz CT molecular complexity index is 856. The normalized spacial score (nSPS) is 11.0. The van der Waals surface area contributed by atoms with E-state index in [-0.39, 0.29) is 5.91 Å². The number of amides is 1. The summed E-state index contributed by atoms with van der Waals surface area (Å²) in [7, 11) is 0. The fourth-order valence-electron chi connectivity index (χ4n) is 3.65. The minimum absolute atomic E-state index is 0.247. The van der Waals surface area contributed by atoms with E-state index in [0.29, 0.717) is 13.0 Å². The smallest absolute Gasteiger partial charge is 0.222 e. The lowest BCUT2D eigenvalue weighted by Crippen LogP contribution is -2.31. The van der Waals surface area contributed by atoms with E-state index in [0.717, 1.165) is 50.7 Å². The lowest BCUT2D eigenvalue weighted by Gasteiger charge is -2.23. The molecular formula is C24H31N3O. The molecule has 0 radical (unpaired) electrons. The predicted molar refractivity (Wildman–Crippen MR) is 116 cm³/mol. The number of H-pyrrole nitrogens is 1. The van der Waals surface area contributed by atoms with Crippen LogP contribution in [0, 0.1) is 0 Å². The highest BCUT2D eigenvalue weighted by Crippen LogP contribution is 2.20. The number of fused-ring (bicyclic) bond motifs is 1. The van der Waals surface area contributed by atoms with Crippen LogP contribution in [0.3, 0.4) is 0 Å². The predicted octanol–water partition coefficient (Wildman–Crippen LogP) is 4.65. The van der Waals surface area contributed by atoms with Crippen molar-refractivity contribution >= 4 is 16.8 Å². The number of nitrogens with one attached hydrogen (secondary N) is 1. The van der Waals surface area contributed by atoms with Crippen molar-refractivity contribution in [3.63, 3.8) is 0 Å². The Balaban J connectivity index is 1.55. The molecule has 0 spiro atoms. The average Bonchev–Trinajstić information content (AvgIpc) is 3.14. The van der Waals surface area contributed by atoms with Crippen LogP contribution in [0.25, 0.3) is 10.9 Å². The molecule has 3 aromatic rings. The molecule has 0 aliphatic heterocycles. The molecule has 4 heteroatoms. The fourth-order valence-corrected chi connectivity index (χ4v) is 3.65. The fraction of sp³-hybridized carbons (Fsp3) is 0.375. The summed E-state index contributed by atoms with van der Waals surface area (Å²) in [6, 6.07) is 18.6. The number of rotatable bonds is 11. The molecule has 2 aromatic carbocycles. The van der Waals surface area contributed by atoms with Crippen LogP contribution in [0.5, 0.6) is 0 Å². The third-order valence-corrected chi connectivity index (χ3v) is 5.21. The molecular weight excluding hydrogens is 346 g/mol. The molecule has 0 fully saturated rings. The first kappa shape index (κ1) is 20.2. The second-order valence-electron chi connectivity index (χ2n) is 7.36. The minimum Gasteiger partial charge on any atom is -0.361 e. The molecule has 3 rings (SSSR count). The van der Waals surface area contributed by atoms with E-state index in [1.165, 1.54) is 16.5 Å². The third-order valence-electron chi connectivity index (χ3n) is 5.21. The summed E-state index contributed by atoms with van der Waals surface area (Å²) in [6.07, 6.45) is 7.56. The summed E-state index contributed by atoms with van der Waals surface area (Å²) in [5.74, 6) is 0.247. The van der Waals surface area contributed by atoms with Crippen molar-refractivity contribution in [1.29, 1.82) is 0 Å². The van der Waals surface area contributed by atoms with Crippen molar-refractivity contribution < 1.29 is 4.79 Å². The Morgan fingerprint density at radius 1 is 0.929 bits per heavy atom. The number of aryl methyl sites for hydroxylation is 1. The number of hydrogen-bond acceptors (Lipinski definition) is 2. The number of aromatic nitrogens is 1. The number of hydrogen-bond donors (Lipinski definition) is 2. The van der Waals surface area contributed by atoms with Crippen LogP contribution in [-0.4, -0.2) is 28.9 Å². The van der Waals surface area contributed by atoms with Gasteiger partial charge in [-0.05, 0) is 49.4 Å². The van der Waals surface area contributed by atoms with Crippen LogP contribution >= 0.6 is 0 Å². The van der Waals surface area contributed by atoms with Crippen LogP contribution in [0.4, 0.5) is 0 Å². The van der Waals surface area contributed by atoms with Gasteiger partial charge in [0.15, 0.2) is 0 Å². The van der Waals surface area contributed by atoms with Crippen LogP contribution in [0.2, 0.25) is 0 Å². The van der Waals surface area contributed by atoms with Crippen LogP contribution in [-0.2, 0) is 17.8 Å². The van der Waals surface area contributed by atoms with E-state index >= 15 is 0 Å². The van der Waals surface area contributed by atoms with Gasteiger partial charge in [-0.1, -0.05) is 55.0 Å². The first-order chi connectivity index (χ1) is 13.8. The number of aromatic amines is 1. The molecule has 1 aromatic heterocycles. The second-order valence-corrected chi connectivity index (χ2v) is 7.36. The van der Waals surface area contributed by atoms with Crippen LogP contribution in [0.15, 0.2) is 60.8 Å². The number of carbonyl (C=O) groups excluding carboxylic acids is 1. The van der Waals surface area contributed by atoms with Crippen molar-refractivity contribution in [2.45, 2.75) is 45.1 Å². The molecule has 0 saturated heterocycles. The van der Waals surface area contributed by atoms with Gasteiger partial charge >= 0.3 is 0 Å². The maximum absolute atomic E-state index is 12.9. The number of nitrogens with two attached hydrogens (primary N) is 1. The third kappa shape index (κ3) is 5.70. The van der Waals surface area contributed by atoms with Gasteiger partial charge in [0, 0.05) is 36.6 Å². The van der Waals surface area contributed by atoms with E-state index in [4.69, 9.17) is 5.73 Å². The maximum atomic E-state index is 12.9. The molecule has 1 amide bonds. The first-order valence-electron chi connectivity index (χ1n) is 10.3. The monoisotopic (exact) mass is 377 g/mol. The summed E-state index contributed by atoms with van der Waals surface area (Å²) in [5, 5.41) is 1.26. The van der Waals surface area contributed by atoms with Gasteiger partial charge < -0.3 is 15.6 Å². The molecule has 0 aliphatic rings. The molecule has 0 bridgehead atoms. The zero-order valence-corrected chi connectivity index (χ0v) is 16.6. The Labute approximate surface area is 167 Å². The number of nitrogens with zero attached hydrogens (tertiary/aromatic N) is 1. The summed E-state index contributed by atoms with van der Waals surface area (Å²) in [5.41, 5.74) is 9.24. The van der Waals surface area contributed by atoms with E-state index in [9.17, 15) is 4.79 Å². The average molecular weight is 378 g/mol. The minimum atomic E-state index is 0.247. The van der Waals surface area contributed by atoms with Gasteiger partial charge in [0.25, 0.3) is 0 Å². The number of unbranched alkanes of at least 4 members (excludes halogenated alkanes) is 2. The highest BCUT2D eigenvalue weighted by molar-refractivity contribution is 5.83. The van der Waals surface area contributed by atoms with Crippen molar-refractivity contribution in [2.75, 3.05) is 13.1 Å². The maximum Gasteiger partial charge on any atom is 0.222 e. The highest BCUT2D eigenvalue weighted by Gasteiger charge is 2.14. The van der Waals surface area contributed by atoms with Gasteiger partial charge in [0.05, 0.1) is 0 Å². The summed E-state index contributed by atoms with van der Waals surface area (Å²) < 4.78 is 0. The molecule has 28 heavy (non-hydrogen) atoms. The quantitative estimate of drug-likeness (QED) is 0.478. The van der Waals surface area contributed by atoms with E-state index in [1.807, 2.05) is 29.2 Å². The van der Waals surface area contributed by atoms with Crippen molar-refractivity contribution in [3.8, 4) is 0 Å².